The summed E-state index contributed by atoms with van der Waals surface area (Å²) in [5.41, 5.74) is 3.30. The number of hydrogen-bond acceptors (Lipinski definition) is 4. The van der Waals surface area contributed by atoms with E-state index in [1.54, 1.807) is 0 Å². The lowest BCUT2D eigenvalue weighted by Crippen LogP contribution is -2.30. The van der Waals surface area contributed by atoms with Gasteiger partial charge in [-0.05, 0) is 74.7 Å². The number of ether oxygens (including phenoxy) is 2. The third kappa shape index (κ3) is 6.06. The van der Waals surface area contributed by atoms with Gasteiger partial charge in [0, 0.05) is 37.4 Å². The van der Waals surface area contributed by atoms with Crippen molar-refractivity contribution in [3.8, 4) is 22.9 Å². The van der Waals surface area contributed by atoms with Crippen LogP contribution < -0.4 is 9.64 Å². The van der Waals surface area contributed by atoms with Gasteiger partial charge in [-0.25, -0.2) is 0 Å². The molecule has 0 fully saturated rings. The smallest absolute Gasteiger partial charge is 0.138 e. The van der Waals surface area contributed by atoms with Crippen molar-refractivity contribution >= 4 is 16.5 Å². The fourth-order valence-electron chi connectivity index (χ4n) is 4.12. The number of benzene rings is 3. The Morgan fingerprint density at radius 2 is 1.73 bits per heavy atom. The number of nitriles is 1. The summed E-state index contributed by atoms with van der Waals surface area (Å²) in [7, 11) is 0. The molecule has 0 N–H and O–H groups in total. The Bertz CT molecular complexity index is 1110. The molecule has 0 aromatic heterocycles. The van der Waals surface area contributed by atoms with E-state index in [0.717, 1.165) is 42.4 Å². The fraction of sp³-hybridized carbons (Fsp3) is 0.414. The van der Waals surface area contributed by atoms with E-state index in [1.807, 2.05) is 39.0 Å². The third-order valence-corrected chi connectivity index (χ3v) is 5.95. The van der Waals surface area contributed by atoms with E-state index in [2.05, 4.69) is 61.2 Å². The summed E-state index contributed by atoms with van der Waals surface area (Å²) in [5.74, 6) is 0.616. The second-order valence-electron chi connectivity index (χ2n) is 8.93. The highest BCUT2D eigenvalue weighted by Gasteiger charge is 2.22. The summed E-state index contributed by atoms with van der Waals surface area (Å²) < 4.78 is 11.8. The molecule has 0 radical (unpaired) electrons. The minimum absolute atomic E-state index is 0.428. The van der Waals surface area contributed by atoms with Crippen LogP contribution in [0.15, 0.2) is 54.6 Å². The maximum absolute atomic E-state index is 10.00. The molecule has 0 saturated heterocycles. The molecule has 3 rings (SSSR count). The third-order valence-electron chi connectivity index (χ3n) is 5.95. The Hall–Kier alpha value is -3.03. The van der Waals surface area contributed by atoms with Gasteiger partial charge in [0.05, 0.1) is 6.61 Å². The molecule has 3 aromatic carbocycles. The van der Waals surface area contributed by atoms with Crippen LogP contribution in [-0.4, -0.2) is 31.9 Å². The normalized spacial score (nSPS) is 11.4. The molecule has 0 unspecified atom stereocenters. The van der Waals surface area contributed by atoms with Gasteiger partial charge in [-0.2, -0.15) is 5.26 Å². The van der Waals surface area contributed by atoms with Crippen molar-refractivity contribution in [2.24, 2.45) is 0 Å². The largest absolute Gasteiger partial charge is 0.486 e. The summed E-state index contributed by atoms with van der Waals surface area (Å²) in [6.45, 7) is 13.8. The molecule has 3 aromatic rings. The summed E-state index contributed by atoms with van der Waals surface area (Å²) in [4.78, 5) is 2.40. The molecular formula is C29H36N2O2. The lowest BCUT2D eigenvalue weighted by Gasteiger charge is -2.27. The summed E-state index contributed by atoms with van der Waals surface area (Å²) >= 11 is 0. The zero-order valence-electron chi connectivity index (χ0n) is 20.6. The van der Waals surface area contributed by atoms with Crippen LogP contribution in [0.3, 0.4) is 0 Å². The molecule has 0 bridgehead atoms. The maximum atomic E-state index is 10.00. The number of fused-ring (bicyclic) bond motifs is 1. The van der Waals surface area contributed by atoms with Crippen LogP contribution in [0.4, 0.5) is 5.69 Å². The standard InChI is InChI=1S/C29H36N2O2/c1-6-17-31(7-2)25-15-14-22-19-24(13-12-23(22)20-25)26-10-9-11-28(27(26)21-30)33-29(4,5)16-18-32-8-3/h9-15,19-20H,6-8,16-18H2,1-5H3. The molecule has 33 heavy (non-hydrogen) atoms. The lowest BCUT2D eigenvalue weighted by molar-refractivity contribution is 0.0504. The Morgan fingerprint density at radius 1 is 0.970 bits per heavy atom. The first-order chi connectivity index (χ1) is 15.9. The van der Waals surface area contributed by atoms with Crippen LogP contribution in [-0.2, 0) is 4.74 Å². The summed E-state index contributed by atoms with van der Waals surface area (Å²) in [5, 5.41) is 12.4. The number of nitrogens with zero attached hydrogens (tertiary/aromatic N) is 2. The van der Waals surface area contributed by atoms with Gasteiger partial charge in [0.15, 0.2) is 0 Å². The van der Waals surface area contributed by atoms with Gasteiger partial charge in [-0.1, -0.05) is 37.3 Å². The zero-order chi connectivity index (χ0) is 23.8. The monoisotopic (exact) mass is 444 g/mol. The first-order valence-electron chi connectivity index (χ1n) is 12.0. The fourth-order valence-corrected chi connectivity index (χ4v) is 4.12. The van der Waals surface area contributed by atoms with Gasteiger partial charge in [-0.15, -0.1) is 0 Å². The quantitative estimate of drug-likeness (QED) is 0.293. The Balaban J connectivity index is 1.93. The van der Waals surface area contributed by atoms with Crippen molar-refractivity contribution in [2.45, 2.75) is 53.1 Å². The van der Waals surface area contributed by atoms with Crippen molar-refractivity contribution < 1.29 is 9.47 Å². The molecule has 4 nitrogen and oxygen atoms in total. The van der Waals surface area contributed by atoms with Crippen LogP contribution in [0.25, 0.3) is 21.9 Å². The maximum Gasteiger partial charge on any atom is 0.138 e. The Kier molecular flexibility index (Phi) is 8.36. The van der Waals surface area contributed by atoms with Crippen LogP contribution in [0, 0.1) is 11.3 Å². The van der Waals surface area contributed by atoms with Crippen molar-refractivity contribution in [1.82, 2.24) is 0 Å². The molecule has 0 spiro atoms. The molecule has 0 atom stereocenters. The van der Waals surface area contributed by atoms with E-state index in [9.17, 15) is 5.26 Å². The summed E-state index contributed by atoms with van der Waals surface area (Å²) in [6.07, 6.45) is 1.88. The van der Waals surface area contributed by atoms with Gasteiger partial charge >= 0.3 is 0 Å². The average molecular weight is 445 g/mol. The highest BCUT2D eigenvalue weighted by atomic mass is 16.5. The van der Waals surface area contributed by atoms with Gasteiger partial charge in [-0.3, -0.25) is 0 Å². The van der Waals surface area contributed by atoms with Gasteiger partial charge in [0.2, 0.25) is 0 Å². The minimum atomic E-state index is -0.428. The average Bonchev–Trinajstić information content (AvgIpc) is 2.81. The highest BCUT2D eigenvalue weighted by Crippen LogP contribution is 2.35. The van der Waals surface area contributed by atoms with E-state index in [0.29, 0.717) is 24.5 Å². The zero-order valence-corrected chi connectivity index (χ0v) is 20.6. The first-order valence-corrected chi connectivity index (χ1v) is 12.0. The van der Waals surface area contributed by atoms with Crippen molar-refractivity contribution in [1.29, 1.82) is 5.26 Å². The predicted molar refractivity (Wildman–Crippen MR) is 138 cm³/mol. The molecule has 4 heteroatoms. The Morgan fingerprint density at radius 3 is 2.42 bits per heavy atom. The molecule has 0 amide bonds. The second-order valence-corrected chi connectivity index (χ2v) is 8.93. The predicted octanol–water partition coefficient (Wildman–Crippen LogP) is 7.20. The lowest BCUT2D eigenvalue weighted by atomic mass is 9.96. The van der Waals surface area contributed by atoms with Gasteiger partial charge in [0.1, 0.15) is 23.0 Å². The van der Waals surface area contributed by atoms with Crippen LogP contribution in [0.5, 0.6) is 5.75 Å². The molecule has 0 aliphatic rings. The molecule has 0 heterocycles. The van der Waals surface area contributed by atoms with E-state index >= 15 is 0 Å². The molecule has 174 valence electrons. The van der Waals surface area contributed by atoms with Crippen LogP contribution >= 0.6 is 0 Å². The second kappa shape index (κ2) is 11.2. The van der Waals surface area contributed by atoms with Gasteiger partial charge < -0.3 is 14.4 Å². The van der Waals surface area contributed by atoms with E-state index in [4.69, 9.17) is 9.47 Å². The SMILES string of the molecule is CCCN(CC)c1ccc2cc(-c3cccc(OC(C)(C)CCOCC)c3C#N)ccc2c1. The van der Waals surface area contributed by atoms with Crippen molar-refractivity contribution in [3.05, 3.63) is 60.2 Å². The Labute approximate surface area is 198 Å². The van der Waals surface area contributed by atoms with E-state index in [1.165, 1.54) is 11.1 Å². The van der Waals surface area contributed by atoms with Crippen LogP contribution in [0.2, 0.25) is 0 Å². The highest BCUT2D eigenvalue weighted by molar-refractivity contribution is 5.91. The van der Waals surface area contributed by atoms with E-state index in [-0.39, 0.29) is 0 Å². The molecule has 0 aliphatic carbocycles. The molecule has 0 saturated carbocycles. The number of rotatable bonds is 11. The van der Waals surface area contributed by atoms with Crippen molar-refractivity contribution in [3.63, 3.8) is 0 Å². The minimum Gasteiger partial charge on any atom is -0.486 e. The van der Waals surface area contributed by atoms with E-state index < -0.39 is 5.60 Å². The molecule has 0 aliphatic heterocycles. The van der Waals surface area contributed by atoms with Crippen molar-refractivity contribution in [2.75, 3.05) is 31.2 Å². The number of hydrogen-bond donors (Lipinski definition) is 0. The van der Waals surface area contributed by atoms with Gasteiger partial charge in [0.25, 0.3) is 0 Å². The molecular weight excluding hydrogens is 408 g/mol. The topological polar surface area (TPSA) is 45.5 Å². The number of anilines is 1. The van der Waals surface area contributed by atoms with Crippen LogP contribution in [0.1, 0.15) is 53.0 Å². The first kappa shape index (κ1) is 24.6. The summed E-state index contributed by atoms with van der Waals surface area (Å²) in [6, 6.07) is 21.2.